The Morgan fingerprint density at radius 3 is 2.51 bits per heavy atom. The number of nitrogens with zero attached hydrogens (tertiary/aromatic N) is 2. The van der Waals surface area contributed by atoms with Gasteiger partial charge in [-0.05, 0) is 43.7 Å². The van der Waals surface area contributed by atoms with E-state index in [9.17, 15) is 19.5 Å². The zero-order valence-corrected chi connectivity index (χ0v) is 20.3. The van der Waals surface area contributed by atoms with Crippen molar-refractivity contribution < 1.29 is 24.2 Å². The summed E-state index contributed by atoms with van der Waals surface area (Å²) in [6, 6.07) is 14.8. The molecule has 2 fully saturated rings. The lowest BCUT2D eigenvalue weighted by atomic mass is 9.86. The molecule has 0 spiro atoms. The number of carbonyl (C=O) groups excluding carboxylic acids is 2. The van der Waals surface area contributed by atoms with E-state index in [1.54, 1.807) is 11.1 Å². The van der Waals surface area contributed by atoms with Crippen molar-refractivity contribution in [3.05, 3.63) is 64.7 Å². The van der Waals surface area contributed by atoms with Gasteiger partial charge in [0.05, 0.1) is 12.5 Å². The SMILES string of the molecule is O=C(O)CCC(=O)N(C1CC1)[N@@+]1(C(=O)OCc2ccccc2)c2cc(Cl)ccc2C[C@H]2CCC[C@H]21. The minimum Gasteiger partial charge on any atom is -0.481 e. The lowest BCUT2D eigenvalue weighted by Gasteiger charge is -2.50. The van der Waals surface area contributed by atoms with Gasteiger partial charge in [0, 0.05) is 35.4 Å². The summed E-state index contributed by atoms with van der Waals surface area (Å²) < 4.78 is 5.65. The maximum absolute atomic E-state index is 14.3. The fourth-order valence-electron chi connectivity index (χ4n) is 5.94. The molecule has 0 bridgehead atoms. The number of fused-ring (bicyclic) bond motifs is 2. The molecule has 2 aliphatic carbocycles. The maximum atomic E-state index is 14.3. The van der Waals surface area contributed by atoms with Crippen molar-refractivity contribution in [1.29, 1.82) is 0 Å². The molecule has 2 aromatic rings. The first-order valence-corrected chi connectivity index (χ1v) is 12.7. The van der Waals surface area contributed by atoms with E-state index in [1.807, 2.05) is 42.5 Å². The number of ether oxygens (including phenoxy) is 1. The first kappa shape index (κ1) is 23.8. The van der Waals surface area contributed by atoms with E-state index in [1.165, 1.54) is 0 Å². The van der Waals surface area contributed by atoms with Crippen molar-refractivity contribution in [3.63, 3.8) is 0 Å². The molecule has 1 heterocycles. The van der Waals surface area contributed by atoms with Gasteiger partial charge in [-0.2, -0.15) is 9.80 Å². The van der Waals surface area contributed by atoms with Gasteiger partial charge in [0.15, 0.2) is 5.69 Å². The van der Waals surface area contributed by atoms with Crippen LogP contribution < -0.4 is 4.59 Å². The summed E-state index contributed by atoms with van der Waals surface area (Å²) in [6.07, 6.45) is 4.16. The quantitative estimate of drug-likeness (QED) is 0.534. The highest BCUT2D eigenvalue weighted by Gasteiger charge is 2.65. The molecule has 184 valence electrons. The zero-order chi connectivity index (χ0) is 24.6. The molecule has 5 rings (SSSR count). The van der Waals surface area contributed by atoms with Crippen LogP contribution in [-0.4, -0.2) is 40.2 Å². The minimum absolute atomic E-state index is 0.0920. The van der Waals surface area contributed by atoms with Gasteiger partial charge in [0.25, 0.3) is 5.91 Å². The predicted molar refractivity (Wildman–Crippen MR) is 131 cm³/mol. The number of benzene rings is 2. The van der Waals surface area contributed by atoms with Gasteiger partial charge >= 0.3 is 12.1 Å². The van der Waals surface area contributed by atoms with Crippen LogP contribution in [-0.2, 0) is 27.4 Å². The van der Waals surface area contributed by atoms with E-state index in [4.69, 9.17) is 16.3 Å². The molecule has 8 heteroatoms. The van der Waals surface area contributed by atoms with Crippen LogP contribution in [0.2, 0.25) is 5.02 Å². The Hall–Kier alpha value is -2.90. The van der Waals surface area contributed by atoms with Crippen molar-refractivity contribution in [3.8, 4) is 0 Å². The van der Waals surface area contributed by atoms with Gasteiger partial charge in [-0.1, -0.05) is 52.6 Å². The summed E-state index contributed by atoms with van der Waals surface area (Å²) in [7, 11) is 0. The van der Waals surface area contributed by atoms with Crippen LogP contribution in [0.1, 0.15) is 56.1 Å². The monoisotopic (exact) mass is 497 g/mol. The number of carboxylic acid groups (broad SMARTS) is 1. The molecule has 1 N–H and O–H groups in total. The Kier molecular flexibility index (Phi) is 6.55. The Bertz CT molecular complexity index is 1140. The topological polar surface area (TPSA) is 83.9 Å². The van der Waals surface area contributed by atoms with Crippen LogP contribution >= 0.6 is 11.6 Å². The summed E-state index contributed by atoms with van der Waals surface area (Å²) in [5, 5.41) is 11.4. The largest absolute Gasteiger partial charge is 0.547 e. The Morgan fingerprint density at radius 2 is 1.80 bits per heavy atom. The van der Waals surface area contributed by atoms with Gasteiger partial charge in [-0.15, -0.1) is 0 Å². The Morgan fingerprint density at radius 1 is 1.03 bits per heavy atom. The third-order valence-corrected chi connectivity index (χ3v) is 7.76. The van der Waals surface area contributed by atoms with Crippen molar-refractivity contribution in [2.24, 2.45) is 5.92 Å². The van der Waals surface area contributed by atoms with Gasteiger partial charge in [-0.25, -0.2) is 0 Å². The molecule has 0 radical (unpaired) electrons. The normalized spacial score (nSPS) is 24.8. The molecule has 1 aliphatic heterocycles. The van der Waals surface area contributed by atoms with Crippen LogP contribution in [0.5, 0.6) is 0 Å². The zero-order valence-electron chi connectivity index (χ0n) is 19.6. The molecule has 2 aromatic carbocycles. The number of carboxylic acids is 1. The van der Waals surface area contributed by atoms with Crippen LogP contribution in [0.15, 0.2) is 48.5 Å². The number of hydrogen-bond donors (Lipinski definition) is 1. The minimum atomic E-state index is -1.03. The lowest BCUT2D eigenvalue weighted by molar-refractivity contribution is -0.154. The van der Waals surface area contributed by atoms with Crippen LogP contribution in [0.4, 0.5) is 10.5 Å². The first-order valence-electron chi connectivity index (χ1n) is 12.3. The van der Waals surface area contributed by atoms with Crippen molar-refractivity contribution in [2.75, 3.05) is 0 Å². The lowest BCUT2D eigenvalue weighted by Crippen LogP contribution is -2.74. The molecule has 3 atom stereocenters. The molecule has 7 nitrogen and oxygen atoms in total. The second-order valence-electron chi connectivity index (χ2n) is 9.82. The van der Waals surface area contributed by atoms with E-state index in [-0.39, 0.29) is 47.9 Å². The molecule has 2 amide bonds. The number of amides is 2. The highest BCUT2D eigenvalue weighted by molar-refractivity contribution is 6.31. The molecular formula is C27H30ClN2O5+. The van der Waals surface area contributed by atoms with Gasteiger partial charge in [-0.3, -0.25) is 9.59 Å². The van der Waals surface area contributed by atoms with Crippen LogP contribution in [0.25, 0.3) is 0 Å². The van der Waals surface area contributed by atoms with E-state index in [2.05, 4.69) is 0 Å². The third kappa shape index (κ3) is 4.43. The second-order valence-corrected chi connectivity index (χ2v) is 10.3. The molecule has 0 saturated heterocycles. The number of halogens is 1. The number of hydrogen-bond acceptors (Lipinski definition) is 4. The third-order valence-electron chi connectivity index (χ3n) is 7.52. The molecule has 35 heavy (non-hydrogen) atoms. The summed E-state index contributed by atoms with van der Waals surface area (Å²) in [4.78, 5) is 39.3. The predicted octanol–water partition coefficient (Wildman–Crippen LogP) is 5.48. The number of quaternary nitrogens is 1. The van der Waals surface area contributed by atoms with E-state index < -0.39 is 12.1 Å². The fourth-order valence-corrected chi connectivity index (χ4v) is 6.10. The van der Waals surface area contributed by atoms with Crippen molar-refractivity contribution in [2.45, 2.75) is 70.1 Å². The van der Waals surface area contributed by atoms with Crippen molar-refractivity contribution >= 4 is 35.3 Å². The molecule has 0 unspecified atom stereocenters. The van der Waals surface area contributed by atoms with E-state index in [0.29, 0.717) is 10.7 Å². The van der Waals surface area contributed by atoms with Gasteiger partial charge < -0.3 is 9.84 Å². The molecular weight excluding hydrogens is 468 g/mol. The van der Waals surface area contributed by atoms with Crippen LogP contribution in [0.3, 0.4) is 0 Å². The average Bonchev–Trinajstić information content (AvgIpc) is 3.57. The second kappa shape index (κ2) is 9.63. The summed E-state index contributed by atoms with van der Waals surface area (Å²) >= 11 is 6.46. The van der Waals surface area contributed by atoms with E-state index in [0.717, 1.165) is 49.7 Å². The van der Waals surface area contributed by atoms with Crippen LogP contribution in [0, 0.1) is 5.92 Å². The van der Waals surface area contributed by atoms with Crippen molar-refractivity contribution in [1.82, 2.24) is 9.60 Å². The molecule has 0 aromatic heterocycles. The maximum Gasteiger partial charge on any atom is 0.547 e. The average molecular weight is 498 g/mol. The Balaban J connectivity index is 1.64. The highest BCUT2D eigenvalue weighted by atomic mass is 35.5. The van der Waals surface area contributed by atoms with Gasteiger partial charge in [0.2, 0.25) is 0 Å². The van der Waals surface area contributed by atoms with E-state index >= 15 is 0 Å². The molecule has 2 saturated carbocycles. The standard InChI is InChI=1S/C27H29ClN2O5/c28-21-10-9-20-15-19-7-4-8-23(19)30(24(20)16-21,27(34)35-17-18-5-2-1-3-6-18)29(22-11-12-22)25(31)13-14-26(32)33/h1-3,5-6,9-10,16,19,22-23H,4,7-8,11-15,17H2/p+1/t19-,23-,30-/m1/s1. The number of rotatable bonds is 6. The van der Waals surface area contributed by atoms with Gasteiger partial charge in [0.1, 0.15) is 12.6 Å². The fraction of sp³-hybridized carbons (Fsp3) is 0.444. The smallest absolute Gasteiger partial charge is 0.481 e. The summed E-state index contributed by atoms with van der Waals surface area (Å²) in [5.74, 6) is -1.14. The number of carbonyl (C=O) groups is 3. The first-order chi connectivity index (χ1) is 16.9. The summed E-state index contributed by atoms with van der Waals surface area (Å²) in [6.45, 7) is 0.0920. The highest BCUT2D eigenvalue weighted by Crippen LogP contribution is 2.51. The Labute approximate surface area is 209 Å². The summed E-state index contributed by atoms with van der Waals surface area (Å²) in [5.41, 5.74) is 2.54. The molecule has 3 aliphatic rings. The number of aliphatic carboxylic acids is 1.